The summed E-state index contributed by atoms with van der Waals surface area (Å²) in [5, 5.41) is 3.18. The van der Waals surface area contributed by atoms with Crippen molar-refractivity contribution >= 4 is 17.7 Å². The molecule has 1 saturated heterocycles. The number of nitrogens with one attached hydrogen (secondary N) is 1. The molecule has 3 atom stereocenters. The number of ether oxygens (including phenoxy) is 1. The van der Waals surface area contributed by atoms with Crippen LogP contribution >= 0.6 is 0 Å². The number of carbonyl (C=O) groups excluding carboxylic acids is 3. The zero-order valence-corrected chi connectivity index (χ0v) is 19.6. The normalized spacial score (nSPS) is 22.8. The van der Waals surface area contributed by atoms with Gasteiger partial charge in [-0.25, -0.2) is 0 Å². The van der Waals surface area contributed by atoms with E-state index in [1.165, 1.54) is 0 Å². The topological polar surface area (TPSA) is 79.0 Å². The van der Waals surface area contributed by atoms with E-state index in [9.17, 15) is 14.4 Å². The van der Waals surface area contributed by atoms with Crippen LogP contribution in [0.1, 0.15) is 40.7 Å². The van der Waals surface area contributed by atoms with Gasteiger partial charge in [-0.15, -0.1) is 0 Å². The van der Waals surface area contributed by atoms with Crippen LogP contribution in [-0.4, -0.2) is 67.4 Å². The Hall–Kier alpha value is -3.35. The van der Waals surface area contributed by atoms with Crippen LogP contribution in [0.25, 0.3) is 0 Å². The van der Waals surface area contributed by atoms with Gasteiger partial charge in [0, 0.05) is 32.7 Å². The van der Waals surface area contributed by atoms with Crippen LogP contribution in [0.4, 0.5) is 0 Å². The molecule has 2 heterocycles. The van der Waals surface area contributed by atoms with Gasteiger partial charge in [-0.05, 0) is 43.0 Å². The minimum Gasteiger partial charge on any atom is -0.497 e. The maximum absolute atomic E-state index is 13.5. The van der Waals surface area contributed by atoms with Gasteiger partial charge in [0.2, 0.25) is 11.8 Å². The molecule has 2 aromatic rings. The Morgan fingerprint density at radius 1 is 1.18 bits per heavy atom. The fourth-order valence-electron chi connectivity index (χ4n) is 5.07. The van der Waals surface area contributed by atoms with Gasteiger partial charge in [0.05, 0.1) is 24.5 Å². The van der Waals surface area contributed by atoms with Crippen LogP contribution in [0.5, 0.6) is 5.75 Å². The van der Waals surface area contributed by atoms with Crippen LogP contribution in [0, 0.1) is 5.92 Å². The molecule has 33 heavy (non-hydrogen) atoms. The smallest absolute Gasteiger partial charge is 0.252 e. The standard InChI is InChI=1S/C26H31N3O4/c1-17(18-8-6-5-7-9-18)24(31)29-15-22(25(32)28(2)3)26(16-29)13-12-19-10-11-20(33-4)14-21(19)23(30)27-26/h5-11,14,17,22H,12-13,15-16H2,1-4H3,(H,27,30)/t17?,22-,26+/m1/s1. The quantitative estimate of drug-likeness (QED) is 0.778. The second kappa shape index (κ2) is 8.89. The molecule has 2 aromatic carbocycles. The van der Waals surface area contributed by atoms with Gasteiger partial charge in [-0.1, -0.05) is 36.4 Å². The van der Waals surface area contributed by atoms with E-state index in [1.54, 1.807) is 37.1 Å². The molecule has 1 spiro atoms. The van der Waals surface area contributed by atoms with Crippen molar-refractivity contribution in [3.8, 4) is 5.75 Å². The Kier molecular flexibility index (Phi) is 6.15. The van der Waals surface area contributed by atoms with Crippen LogP contribution in [0.15, 0.2) is 48.5 Å². The van der Waals surface area contributed by atoms with Crippen LogP contribution < -0.4 is 10.1 Å². The number of hydrogen-bond donors (Lipinski definition) is 1. The van der Waals surface area contributed by atoms with Crippen LogP contribution in [0.2, 0.25) is 0 Å². The Bertz CT molecular complexity index is 1070. The number of rotatable bonds is 4. The number of benzene rings is 2. The fourth-order valence-corrected chi connectivity index (χ4v) is 5.07. The molecule has 1 N–H and O–H groups in total. The zero-order chi connectivity index (χ0) is 23.8. The lowest BCUT2D eigenvalue weighted by Gasteiger charge is -2.34. The molecule has 7 heteroatoms. The predicted octanol–water partition coefficient (Wildman–Crippen LogP) is 2.46. The van der Waals surface area contributed by atoms with Crippen LogP contribution in [0.3, 0.4) is 0 Å². The summed E-state index contributed by atoms with van der Waals surface area (Å²) in [6, 6.07) is 15.1. The van der Waals surface area contributed by atoms with Crippen molar-refractivity contribution in [3.05, 3.63) is 65.2 Å². The third-order valence-electron chi connectivity index (χ3n) is 7.03. The van der Waals surface area contributed by atoms with E-state index in [2.05, 4.69) is 5.32 Å². The number of amides is 3. The summed E-state index contributed by atoms with van der Waals surface area (Å²) in [5.41, 5.74) is 1.59. The maximum atomic E-state index is 13.5. The van der Waals surface area contributed by atoms with E-state index in [-0.39, 0.29) is 30.2 Å². The molecular weight excluding hydrogens is 418 g/mol. The summed E-state index contributed by atoms with van der Waals surface area (Å²) < 4.78 is 5.30. The molecule has 174 valence electrons. The molecule has 0 radical (unpaired) electrons. The van der Waals surface area contributed by atoms with Gasteiger partial charge >= 0.3 is 0 Å². The summed E-state index contributed by atoms with van der Waals surface area (Å²) in [7, 11) is 4.99. The van der Waals surface area contributed by atoms with Crippen molar-refractivity contribution in [2.24, 2.45) is 5.92 Å². The molecule has 7 nitrogen and oxygen atoms in total. The van der Waals surface area contributed by atoms with Gasteiger partial charge in [0.15, 0.2) is 0 Å². The third-order valence-corrected chi connectivity index (χ3v) is 7.03. The second-order valence-corrected chi connectivity index (χ2v) is 9.27. The van der Waals surface area contributed by atoms with Crippen molar-refractivity contribution < 1.29 is 19.1 Å². The number of fused-ring (bicyclic) bond motifs is 1. The van der Waals surface area contributed by atoms with E-state index >= 15 is 0 Å². The SMILES string of the molecule is COc1ccc2c(c1)C(=O)N[C@@]1(CC2)CN(C(=O)C(C)c2ccccc2)C[C@@H]1C(=O)N(C)C. The Morgan fingerprint density at radius 3 is 2.58 bits per heavy atom. The molecule has 0 bridgehead atoms. The molecule has 0 aliphatic carbocycles. The minimum atomic E-state index is -0.823. The average molecular weight is 450 g/mol. The number of aryl methyl sites for hydroxylation is 1. The number of carbonyl (C=O) groups is 3. The largest absolute Gasteiger partial charge is 0.497 e. The van der Waals surface area contributed by atoms with Gasteiger partial charge in [-0.2, -0.15) is 0 Å². The first-order chi connectivity index (χ1) is 15.8. The lowest BCUT2D eigenvalue weighted by Crippen LogP contribution is -2.57. The summed E-state index contributed by atoms with van der Waals surface area (Å²) in [6.45, 7) is 2.48. The van der Waals surface area contributed by atoms with E-state index in [0.29, 0.717) is 30.7 Å². The van der Waals surface area contributed by atoms with Gasteiger partial charge in [0.1, 0.15) is 5.75 Å². The maximum Gasteiger partial charge on any atom is 0.252 e. The highest BCUT2D eigenvalue weighted by atomic mass is 16.5. The Morgan fingerprint density at radius 2 is 1.91 bits per heavy atom. The van der Waals surface area contributed by atoms with E-state index < -0.39 is 11.5 Å². The Balaban J connectivity index is 1.66. The molecule has 3 amide bonds. The summed E-state index contributed by atoms with van der Waals surface area (Å²) in [6.07, 6.45) is 1.21. The molecule has 1 fully saturated rings. The Labute approximate surface area is 194 Å². The van der Waals surface area contributed by atoms with Gasteiger partial charge in [0.25, 0.3) is 5.91 Å². The van der Waals surface area contributed by atoms with Crippen LogP contribution in [-0.2, 0) is 16.0 Å². The molecule has 2 aliphatic heterocycles. The van der Waals surface area contributed by atoms with E-state index in [0.717, 1.165) is 11.1 Å². The highest BCUT2D eigenvalue weighted by Gasteiger charge is 2.53. The molecule has 1 unspecified atom stereocenters. The summed E-state index contributed by atoms with van der Waals surface area (Å²) >= 11 is 0. The van der Waals surface area contributed by atoms with E-state index in [4.69, 9.17) is 4.74 Å². The second-order valence-electron chi connectivity index (χ2n) is 9.27. The average Bonchev–Trinajstić information content (AvgIpc) is 3.13. The van der Waals surface area contributed by atoms with Gasteiger partial charge < -0.3 is 19.9 Å². The number of nitrogens with zero attached hydrogens (tertiary/aromatic N) is 2. The first-order valence-electron chi connectivity index (χ1n) is 11.3. The lowest BCUT2D eigenvalue weighted by atomic mass is 9.81. The zero-order valence-electron chi connectivity index (χ0n) is 19.6. The third kappa shape index (κ3) is 4.19. The molecule has 0 aromatic heterocycles. The monoisotopic (exact) mass is 449 g/mol. The van der Waals surface area contributed by atoms with Crippen molar-refractivity contribution in [1.29, 1.82) is 0 Å². The first kappa shape index (κ1) is 22.8. The molecule has 0 saturated carbocycles. The fraction of sp³-hybridized carbons (Fsp3) is 0.423. The first-order valence-corrected chi connectivity index (χ1v) is 11.3. The van der Waals surface area contributed by atoms with Gasteiger partial charge in [-0.3, -0.25) is 14.4 Å². The summed E-state index contributed by atoms with van der Waals surface area (Å²) in [5.74, 6) is -0.586. The highest BCUT2D eigenvalue weighted by molar-refractivity contribution is 5.98. The lowest BCUT2D eigenvalue weighted by molar-refractivity contribution is -0.135. The molecule has 4 rings (SSSR count). The van der Waals surface area contributed by atoms with Crippen molar-refractivity contribution in [3.63, 3.8) is 0 Å². The van der Waals surface area contributed by atoms with Crippen molar-refractivity contribution in [1.82, 2.24) is 15.1 Å². The number of likely N-dealkylation sites (tertiary alicyclic amines) is 1. The highest BCUT2D eigenvalue weighted by Crippen LogP contribution is 2.38. The number of methoxy groups -OCH3 is 1. The molecular formula is C26H31N3O4. The molecule has 2 aliphatic rings. The summed E-state index contributed by atoms with van der Waals surface area (Å²) in [4.78, 5) is 43.3. The number of hydrogen-bond acceptors (Lipinski definition) is 4. The van der Waals surface area contributed by atoms with Crippen molar-refractivity contribution in [2.45, 2.75) is 31.2 Å². The van der Waals surface area contributed by atoms with Crippen molar-refractivity contribution in [2.75, 3.05) is 34.3 Å². The predicted molar refractivity (Wildman–Crippen MR) is 125 cm³/mol. The minimum absolute atomic E-state index is 0.0349. The van der Waals surface area contributed by atoms with E-state index in [1.807, 2.05) is 49.4 Å².